The van der Waals surface area contributed by atoms with Crippen LogP contribution in [-0.4, -0.2) is 28.9 Å². The van der Waals surface area contributed by atoms with E-state index >= 15 is 0 Å². The lowest BCUT2D eigenvalue weighted by atomic mass is 9.92. The van der Waals surface area contributed by atoms with E-state index in [0.29, 0.717) is 16.9 Å². The highest BCUT2D eigenvalue weighted by Crippen LogP contribution is 2.36. The van der Waals surface area contributed by atoms with E-state index in [1.54, 1.807) is 51.1 Å². The molecule has 3 aromatic rings. The minimum absolute atomic E-state index is 0.257. The second-order valence-corrected chi connectivity index (χ2v) is 10.2. The number of benzene rings is 3. The number of para-hydroxylation sites is 2. The monoisotopic (exact) mass is 570 g/mol. The van der Waals surface area contributed by atoms with Crippen molar-refractivity contribution in [2.45, 2.75) is 64.8 Å². The van der Waals surface area contributed by atoms with Gasteiger partial charge in [0, 0.05) is 30.1 Å². The molecule has 4 rings (SSSR count). The molecule has 6 heteroatoms. The van der Waals surface area contributed by atoms with Gasteiger partial charge < -0.3 is 19.3 Å². The van der Waals surface area contributed by atoms with Crippen LogP contribution in [0.15, 0.2) is 116 Å². The molecule has 6 nitrogen and oxygen atoms in total. The molecule has 0 radical (unpaired) electrons. The normalized spacial score (nSPS) is 13.5. The van der Waals surface area contributed by atoms with Gasteiger partial charge in [0.25, 0.3) is 0 Å². The number of carbonyl (C=O) groups is 2. The molecule has 1 aliphatic rings. The number of hydrogen-bond donors (Lipinski definition) is 1. The average molecular weight is 571 g/mol. The van der Waals surface area contributed by atoms with E-state index < -0.39 is 12.3 Å². The summed E-state index contributed by atoms with van der Waals surface area (Å²) in [7, 11) is 0. The van der Waals surface area contributed by atoms with Crippen molar-refractivity contribution in [3.05, 3.63) is 127 Å². The summed E-state index contributed by atoms with van der Waals surface area (Å²) in [5.74, 6) is 0.248. The SMILES string of the molecule is C=C(C)C(=O)OC(C)Oc1ccccc1.C=C(C)C(=O)OC1(Cc2ccccc2)CCCC1.C=Cc1ccccc1O. The first-order valence-corrected chi connectivity index (χ1v) is 14.0. The summed E-state index contributed by atoms with van der Waals surface area (Å²) in [4.78, 5) is 22.9. The van der Waals surface area contributed by atoms with Gasteiger partial charge in [-0.05, 0) is 63.3 Å². The van der Waals surface area contributed by atoms with Crippen molar-refractivity contribution in [1.29, 1.82) is 0 Å². The van der Waals surface area contributed by atoms with Crippen molar-refractivity contribution < 1.29 is 28.9 Å². The number of carbonyl (C=O) groups excluding carboxylic acids is 2. The topological polar surface area (TPSA) is 82.1 Å². The fourth-order valence-corrected chi connectivity index (χ4v) is 4.21. The highest BCUT2D eigenvalue weighted by atomic mass is 16.7. The molecule has 222 valence electrons. The third-order valence-corrected chi connectivity index (χ3v) is 6.36. The van der Waals surface area contributed by atoms with Crippen molar-refractivity contribution in [2.75, 3.05) is 0 Å². The summed E-state index contributed by atoms with van der Waals surface area (Å²) in [5.41, 5.74) is 2.54. The number of esters is 2. The molecule has 1 N–H and O–H groups in total. The molecule has 42 heavy (non-hydrogen) atoms. The van der Waals surface area contributed by atoms with Crippen LogP contribution in [-0.2, 0) is 25.5 Å². The zero-order chi connectivity index (χ0) is 31.0. The second kappa shape index (κ2) is 17.3. The summed E-state index contributed by atoms with van der Waals surface area (Å²) in [6.07, 6.45) is 6.01. The van der Waals surface area contributed by atoms with Gasteiger partial charge in [0.1, 0.15) is 17.1 Å². The summed E-state index contributed by atoms with van der Waals surface area (Å²) in [6.45, 7) is 15.6. The van der Waals surface area contributed by atoms with Crippen LogP contribution in [0.25, 0.3) is 6.08 Å². The second-order valence-electron chi connectivity index (χ2n) is 10.2. The van der Waals surface area contributed by atoms with E-state index in [-0.39, 0.29) is 17.3 Å². The molecule has 0 saturated heterocycles. The maximum absolute atomic E-state index is 11.8. The average Bonchev–Trinajstić information content (AvgIpc) is 3.42. The quantitative estimate of drug-likeness (QED) is 0.159. The Balaban J connectivity index is 0.000000232. The van der Waals surface area contributed by atoms with E-state index in [2.05, 4.69) is 31.9 Å². The molecule has 1 fully saturated rings. The lowest BCUT2D eigenvalue weighted by Crippen LogP contribution is -2.34. The van der Waals surface area contributed by atoms with Gasteiger partial charge in [0.05, 0.1) is 0 Å². The molecular weight excluding hydrogens is 528 g/mol. The standard InChI is InChI=1S/C16H20O2.C12H14O3.C8H8O/c1-13(2)15(17)18-16(10-6-7-11-16)12-14-8-4-3-5-9-14;1-9(2)12(13)15-10(3)14-11-7-5-4-6-8-11;1-2-7-5-3-4-6-8(7)9/h3-5,8-9H,1,6-7,10-12H2,2H3;4-8,10H,1H2,2-3H3;2-6,9H,1H2. The molecule has 0 aliphatic heterocycles. The molecule has 1 atom stereocenters. The highest BCUT2D eigenvalue weighted by molar-refractivity contribution is 5.87. The summed E-state index contributed by atoms with van der Waals surface area (Å²) in [5, 5.41) is 9.04. The van der Waals surface area contributed by atoms with Crippen LogP contribution in [0.5, 0.6) is 11.5 Å². The van der Waals surface area contributed by atoms with Gasteiger partial charge in [-0.2, -0.15) is 0 Å². The molecule has 0 aromatic heterocycles. The number of hydrogen-bond acceptors (Lipinski definition) is 6. The first-order valence-electron chi connectivity index (χ1n) is 14.0. The van der Waals surface area contributed by atoms with Gasteiger partial charge in [-0.25, -0.2) is 9.59 Å². The van der Waals surface area contributed by atoms with Gasteiger partial charge in [0.15, 0.2) is 0 Å². The molecule has 0 heterocycles. The summed E-state index contributed by atoms with van der Waals surface area (Å²) < 4.78 is 16.0. The van der Waals surface area contributed by atoms with Crippen molar-refractivity contribution in [2.24, 2.45) is 0 Å². The first-order chi connectivity index (χ1) is 20.0. The number of phenols is 1. The maximum atomic E-state index is 11.8. The third kappa shape index (κ3) is 11.9. The van der Waals surface area contributed by atoms with E-state index in [4.69, 9.17) is 19.3 Å². The Morgan fingerprint density at radius 1 is 0.857 bits per heavy atom. The van der Waals surface area contributed by atoms with Gasteiger partial charge in [-0.15, -0.1) is 0 Å². The van der Waals surface area contributed by atoms with Crippen molar-refractivity contribution >= 4 is 18.0 Å². The third-order valence-electron chi connectivity index (χ3n) is 6.36. The van der Waals surface area contributed by atoms with E-state index in [0.717, 1.165) is 37.7 Å². The van der Waals surface area contributed by atoms with Gasteiger partial charge >= 0.3 is 11.9 Å². The van der Waals surface area contributed by atoms with Crippen molar-refractivity contribution in [3.63, 3.8) is 0 Å². The van der Waals surface area contributed by atoms with E-state index in [1.807, 2.05) is 48.5 Å². The largest absolute Gasteiger partial charge is 0.507 e. The summed E-state index contributed by atoms with van der Waals surface area (Å²) >= 11 is 0. The Labute approximate surface area is 250 Å². The van der Waals surface area contributed by atoms with Crippen LogP contribution in [0.2, 0.25) is 0 Å². The highest BCUT2D eigenvalue weighted by Gasteiger charge is 2.37. The van der Waals surface area contributed by atoms with Crippen LogP contribution < -0.4 is 4.74 Å². The number of aromatic hydroxyl groups is 1. The number of rotatable bonds is 9. The van der Waals surface area contributed by atoms with Crippen molar-refractivity contribution in [1.82, 2.24) is 0 Å². The Hall–Kier alpha value is -4.58. The molecule has 3 aromatic carbocycles. The molecule has 1 aliphatic carbocycles. The Kier molecular flexibility index (Phi) is 13.8. The fourth-order valence-electron chi connectivity index (χ4n) is 4.21. The van der Waals surface area contributed by atoms with Crippen LogP contribution >= 0.6 is 0 Å². The Morgan fingerprint density at radius 3 is 1.88 bits per heavy atom. The Bertz CT molecular complexity index is 1310. The van der Waals surface area contributed by atoms with Gasteiger partial charge in [-0.3, -0.25) is 0 Å². The number of phenolic OH excluding ortho intramolecular Hbond substituents is 1. The lowest BCUT2D eigenvalue weighted by Gasteiger charge is -2.29. The first kappa shape index (κ1) is 33.6. The maximum Gasteiger partial charge on any atom is 0.336 e. The van der Waals surface area contributed by atoms with Gasteiger partial charge in [0.2, 0.25) is 6.29 Å². The molecule has 1 unspecified atom stereocenters. The lowest BCUT2D eigenvalue weighted by molar-refractivity contribution is -0.156. The molecular formula is C36H42O6. The zero-order valence-electron chi connectivity index (χ0n) is 24.9. The minimum Gasteiger partial charge on any atom is -0.507 e. The van der Waals surface area contributed by atoms with Crippen LogP contribution in [0, 0.1) is 0 Å². The van der Waals surface area contributed by atoms with Crippen LogP contribution in [0.3, 0.4) is 0 Å². The molecule has 1 saturated carbocycles. The van der Waals surface area contributed by atoms with E-state index in [1.165, 1.54) is 5.56 Å². The molecule has 0 bridgehead atoms. The smallest absolute Gasteiger partial charge is 0.336 e. The molecule has 0 spiro atoms. The Morgan fingerprint density at radius 2 is 1.38 bits per heavy atom. The van der Waals surface area contributed by atoms with Crippen molar-refractivity contribution in [3.8, 4) is 11.5 Å². The zero-order valence-corrected chi connectivity index (χ0v) is 24.9. The fraction of sp³-hybridized carbons (Fsp3) is 0.278. The van der Waals surface area contributed by atoms with Crippen LogP contribution in [0.4, 0.5) is 0 Å². The predicted octanol–water partition coefficient (Wildman–Crippen LogP) is 8.23. The molecule has 0 amide bonds. The number of ether oxygens (including phenoxy) is 3. The minimum atomic E-state index is -0.614. The van der Waals surface area contributed by atoms with Gasteiger partial charge in [-0.1, -0.05) is 92.5 Å². The van der Waals surface area contributed by atoms with Crippen LogP contribution in [0.1, 0.15) is 57.6 Å². The summed E-state index contributed by atoms with van der Waals surface area (Å²) in [6, 6.07) is 26.5. The van der Waals surface area contributed by atoms with E-state index in [9.17, 15) is 9.59 Å². The predicted molar refractivity (Wildman–Crippen MR) is 168 cm³/mol.